The van der Waals surface area contributed by atoms with Crippen LogP contribution in [-0.4, -0.2) is 30.7 Å². The van der Waals surface area contributed by atoms with Gasteiger partial charge >= 0.3 is 0 Å². The quantitative estimate of drug-likeness (QED) is 0.541. The van der Waals surface area contributed by atoms with Gasteiger partial charge in [0.1, 0.15) is 5.82 Å². The Morgan fingerprint density at radius 2 is 1.96 bits per heavy atom. The maximum Gasteiger partial charge on any atom is 0.165 e. The van der Waals surface area contributed by atoms with E-state index in [1.165, 1.54) is 5.56 Å². The minimum Gasteiger partial charge on any atom is -0.370 e. The highest BCUT2D eigenvalue weighted by atomic mass is 15.3. The summed E-state index contributed by atoms with van der Waals surface area (Å²) in [6.45, 7) is 5.90. The lowest BCUT2D eigenvalue weighted by molar-refractivity contribution is 0.659. The fourth-order valence-electron chi connectivity index (χ4n) is 3.04. The van der Waals surface area contributed by atoms with Crippen molar-refractivity contribution in [2.75, 3.05) is 11.9 Å². The predicted octanol–water partition coefficient (Wildman–Crippen LogP) is 3.71. The van der Waals surface area contributed by atoms with Crippen LogP contribution in [-0.2, 0) is 6.54 Å². The van der Waals surface area contributed by atoms with Gasteiger partial charge in [0.15, 0.2) is 5.65 Å². The summed E-state index contributed by atoms with van der Waals surface area (Å²) < 4.78 is 3.97. The number of fused-ring (bicyclic) bond motifs is 1. The zero-order valence-electron chi connectivity index (χ0n) is 15.1. The van der Waals surface area contributed by atoms with Crippen LogP contribution in [0.5, 0.6) is 0 Å². The Labute approximate surface area is 152 Å². The van der Waals surface area contributed by atoms with Gasteiger partial charge in [-0.2, -0.15) is 9.61 Å². The molecule has 0 aliphatic heterocycles. The monoisotopic (exact) mass is 346 g/mol. The molecule has 4 aromatic rings. The molecule has 0 atom stereocenters. The van der Waals surface area contributed by atoms with Crippen molar-refractivity contribution >= 4 is 11.5 Å². The third-order valence-electron chi connectivity index (χ3n) is 4.42. The van der Waals surface area contributed by atoms with Gasteiger partial charge < -0.3 is 9.88 Å². The number of nitrogens with zero attached hydrogens (tertiary/aromatic N) is 5. The van der Waals surface area contributed by atoms with Gasteiger partial charge in [-0.25, -0.2) is 9.97 Å². The molecule has 4 rings (SSSR count). The number of nitrogens with one attached hydrogen (secondary N) is 1. The summed E-state index contributed by atoms with van der Waals surface area (Å²) in [5.74, 6) is 0.969. The number of rotatable bonds is 6. The van der Waals surface area contributed by atoms with Crippen molar-refractivity contribution in [2.24, 2.45) is 0 Å². The molecular weight excluding hydrogens is 324 g/mol. The van der Waals surface area contributed by atoms with E-state index in [0.717, 1.165) is 47.8 Å². The van der Waals surface area contributed by atoms with Gasteiger partial charge in [0.25, 0.3) is 0 Å². The maximum atomic E-state index is 4.71. The smallest absolute Gasteiger partial charge is 0.165 e. The molecule has 26 heavy (non-hydrogen) atoms. The van der Waals surface area contributed by atoms with E-state index < -0.39 is 0 Å². The number of hydrogen-bond donors (Lipinski definition) is 1. The molecule has 3 heterocycles. The second-order valence-corrected chi connectivity index (χ2v) is 6.52. The largest absolute Gasteiger partial charge is 0.370 e. The van der Waals surface area contributed by atoms with E-state index in [9.17, 15) is 0 Å². The van der Waals surface area contributed by atoms with Crippen LogP contribution in [0.3, 0.4) is 0 Å². The molecule has 1 aromatic carbocycles. The van der Waals surface area contributed by atoms with Crippen LogP contribution >= 0.6 is 0 Å². The second kappa shape index (κ2) is 7.00. The molecule has 0 saturated carbocycles. The number of benzene rings is 1. The SMILES string of the molecule is Cc1ccc(-c2cnn3c(NCCCn4ccnc4)cc(C)nc23)cc1. The highest BCUT2D eigenvalue weighted by Gasteiger charge is 2.11. The number of imidazole rings is 1. The van der Waals surface area contributed by atoms with Crippen LogP contribution in [0.2, 0.25) is 0 Å². The van der Waals surface area contributed by atoms with E-state index in [1.54, 1.807) is 6.20 Å². The van der Waals surface area contributed by atoms with Crippen molar-refractivity contribution in [2.45, 2.75) is 26.8 Å². The van der Waals surface area contributed by atoms with Crippen LogP contribution in [0, 0.1) is 13.8 Å². The first-order valence-corrected chi connectivity index (χ1v) is 8.83. The molecule has 0 bridgehead atoms. The average Bonchev–Trinajstić information content (AvgIpc) is 3.29. The van der Waals surface area contributed by atoms with Gasteiger partial charge in [-0.05, 0) is 25.8 Å². The zero-order chi connectivity index (χ0) is 17.9. The Balaban J connectivity index is 1.56. The molecule has 0 aliphatic rings. The molecule has 0 radical (unpaired) electrons. The molecule has 0 fully saturated rings. The predicted molar refractivity (Wildman–Crippen MR) is 103 cm³/mol. The summed E-state index contributed by atoms with van der Waals surface area (Å²) in [7, 11) is 0. The molecule has 1 N–H and O–H groups in total. The van der Waals surface area contributed by atoms with Crippen molar-refractivity contribution in [3.63, 3.8) is 0 Å². The van der Waals surface area contributed by atoms with Crippen LogP contribution in [0.15, 0.2) is 55.2 Å². The van der Waals surface area contributed by atoms with E-state index in [2.05, 4.69) is 51.2 Å². The van der Waals surface area contributed by atoms with Crippen molar-refractivity contribution in [1.29, 1.82) is 0 Å². The Morgan fingerprint density at radius 3 is 2.73 bits per heavy atom. The molecular formula is C20H22N6. The Morgan fingerprint density at radius 1 is 1.12 bits per heavy atom. The van der Waals surface area contributed by atoms with Crippen LogP contribution < -0.4 is 5.32 Å². The highest BCUT2D eigenvalue weighted by Crippen LogP contribution is 2.26. The van der Waals surface area contributed by atoms with Crippen molar-refractivity contribution in [1.82, 2.24) is 24.1 Å². The van der Waals surface area contributed by atoms with Gasteiger partial charge in [-0.1, -0.05) is 29.8 Å². The average molecular weight is 346 g/mol. The lowest BCUT2D eigenvalue weighted by Crippen LogP contribution is -2.10. The van der Waals surface area contributed by atoms with E-state index in [0.29, 0.717) is 0 Å². The molecule has 0 amide bonds. The van der Waals surface area contributed by atoms with Crippen molar-refractivity contribution in [3.05, 3.63) is 66.5 Å². The van der Waals surface area contributed by atoms with Crippen LogP contribution in [0.4, 0.5) is 5.82 Å². The molecule has 6 nitrogen and oxygen atoms in total. The lowest BCUT2D eigenvalue weighted by Gasteiger charge is -2.10. The highest BCUT2D eigenvalue weighted by molar-refractivity contribution is 5.78. The van der Waals surface area contributed by atoms with Crippen molar-refractivity contribution in [3.8, 4) is 11.1 Å². The molecule has 0 aliphatic carbocycles. The first-order valence-electron chi connectivity index (χ1n) is 8.83. The summed E-state index contributed by atoms with van der Waals surface area (Å²) in [4.78, 5) is 8.78. The first kappa shape index (κ1) is 16.3. The number of anilines is 1. The van der Waals surface area contributed by atoms with Gasteiger partial charge in [0.2, 0.25) is 0 Å². The standard InChI is InChI=1S/C20H22N6/c1-15-4-6-17(7-5-15)18-13-23-26-19(12-16(2)24-20(18)26)22-8-3-10-25-11-9-21-14-25/h4-7,9,11-14,22H,3,8,10H2,1-2H3. The Hall–Kier alpha value is -3.15. The van der Waals surface area contributed by atoms with Gasteiger partial charge in [0, 0.05) is 42.8 Å². The topological polar surface area (TPSA) is 60.0 Å². The fraction of sp³-hybridized carbons (Fsp3) is 0.250. The van der Waals surface area contributed by atoms with Crippen molar-refractivity contribution < 1.29 is 0 Å². The number of aryl methyl sites for hydroxylation is 3. The van der Waals surface area contributed by atoms with E-state index >= 15 is 0 Å². The summed E-state index contributed by atoms with van der Waals surface area (Å²) in [5.41, 5.74) is 5.29. The third-order valence-corrected chi connectivity index (χ3v) is 4.42. The van der Waals surface area contributed by atoms with Gasteiger partial charge in [0.05, 0.1) is 12.5 Å². The van der Waals surface area contributed by atoms with Crippen LogP contribution in [0.1, 0.15) is 17.7 Å². The minimum atomic E-state index is 0.858. The van der Waals surface area contributed by atoms with Gasteiger partial charge in [-0.15, -0.1) is 0 Å². The molecule has 132 valence electrons. The Bertz CT molecular complexity index is 999. The molecule has 0 unspecified atom stereocenters. The van der Waals surface area contributed by atoms with Crippen LogP contribution in [0.25, 0.3) is 16.8 Å². The summed E-state index contributed by atoms with van der Waals surface area (Å²) in [6, 6.07) is 10.5. The Kier molecular flexibility index (Phi) is 4.39. The maximum absolute atomic E-state index is 4.71. The normalized spacial score (nSPS) is 11.2. The van der Waals surface area contributed by atoms with E-state index in [1.807, 2.05) is 36.2 Å². The number of hydrogen-bond acceptors (Lipinski definition) is 4. The first-order chi connectivity index (χ1) is 12.7. The second-order valence-electron chi connectivity index (χ2n) is 6.52. The third kappa shape index (κ3) is 3.31. The molecule has 3 aromatic heterocycles. The summed E-state index contributed by atoms with van der Waals surface area (Å²) in [6.07, 6.45) is 8.53. The van der Waals surface area contributed by atoms with Gasteiger partial charge in [-0.3, -0.25) is 0 Å². The summed E-state index contributed by atoms with van der Waals surface area (Å²) >= 11 is 0. The van der Waals surface area contributed by atoms with E-state index in [4.69, 9.17) is 4.98 Å². The lowest BCUT2D eigenvalue weighted by atomic mass is 10.1. The molecule has 6 heteroatoms. The molecule has 0 spiro atoms. The number of aromatic nitrogens is 5. The summed E-state index contributed by atoms with van der Waals surface area (Å²) in [5, 5.41) is 8.06. The fourth-order valence-corrected chi connectivity index (χ4v) is 3.04. The molecule has 0 saturated heterocycles. The minimum absolute atomic E-state index is 0.858. The zero-order valence-corrected chi connectivity index (χ0v) is 15.1. The van der Waals surface area contributed by atoms with E-state index in [-0.39, 0.29) is 0 Å².